The fourth-order valence-electron chi connectivity index (χ4n) is 2.46. The van der Waals surface area contributed by atoms with E-state index in [1.165, 1.54) is 5.56 Å². The predicted molar refractivity (Wildman–Crippen MR) is 53.2 cm³/mol. The number of aliphatic hydroxyl groups is 1. The van der Waals surface area contributed by atoms with E-state index in [0.717, 1.165) is 18.2 Å². The number of aliphatic hydroxyl groups excluding tert-OH is 1. The number of esters is 1. The van der Waals surface area contributed by atoms with E-state index in [4.69, 9.17) is 9.84 Å². The first-order valence-corrected chi connectivity index (χ1v) is 4.94. The molecule has 0 radical (unpaired) electrons. The van der Waals surface area contributed by atoms with Gasteiger partial charge in [-0.3, -0.25) is 0 Å². The number of fused-ring (bicyclic) bond motifs is 3. The van der Waals surface area contributed by atoms with Crippen molar-refractivity contribution in [2.45, 2.75) is 12.5 Å². The number of ether oxygens (including phenoxy) is 1. The zero-order valence-corrected chi connectivity index (χ0v) is 8.01. The molecule has 0 bridgehead atoms. The Balaban J connectivity index is 2.08. The first-order valence-electron chi connectivity index (χ1n) is 4.94. The number of carbonyl (C=O) groups is 1. The van der Waals surface area contributed by atoms with E-state index in [0.29, 0.717) is 5.57 Å². The second-order valence-corrected chi connectivity index (χ2v) is 3.92. The van der Waals surface area contributed by atoms with Gasteiger partial charge in [-0.1, -0.05) is 24.3 Å². The summed E-state index contributed by atoms with van der Waals surface area (Å²) in [6.45, 7) is 0. The molecule has 3 nitrogen and oxygen atoms in total. The molecule has 1 saturated heterocycles. The molecule has 2 aliphatic rings. The highest BCUT2D eigenvalue weighted by Crippen LogP contribution is 2.47. The van der Waals surface area contributed by atoms with Crippen LogP contribution in [0, 0.1) is 5.92 Å². The first-order chi connectivity index (χ1) is 7.31. The average Bonchev–Trinajstić information content (AvgIpc) is 2.72. The highest BCUT2D eigenvalue weighted by Gasteiger charge is 2.45. The molecule has 3 heteroatoms. The van der Waals surface area contributed by atoms with Crippen LogP contribution in [0.4, 0.5) is 0 Å². The zero-order chi connectivity index (χ0) is 10.4. The summed E-state index contributed by atoms with van der Waals surface area (Å²) in [6, 6.07) is 7.93. The fraction of sp³-hybridized carbons (Fsp3) is 0.250. The molecule has 0 spiro atoms. The highest BCUT2D eigenvalue weighted by atomic mass is 16.6. The average molecular weight is 202 g/mol. The Morgan fingerprint density at radius 3 is 3.00 bits per heavy atom. The van der Waals surface area contributed by atoms with Crippen molar-refractivity contribution < 1.29 is 14.6 Å². The van der Waals surface area contributed by atoms with E-state index in [1.807, 2.05) is 24.3 Å². The maximum absolute atomic E-state index is 11.4. The third kappa shape index (κ3) is 1.03. The van der Waals surface area contributed by atoms with E-state index in [1.54, 1.807) is 0 Å². The Hall–Kier alpha value is -1.77. The molecule has 3 rings (SSSR count). The molecule has 0 unspecified atom stereocenters. The molecule has 1 aliphatic heterocycles. The van der Waals surface area contributed by atoms with Crippen LogP contribution in [-0.2, 0) is 16.0 Å². The highest BCUT2D eigenvalue weighted by molar-refractivity contribution is 5.91. The summed E-state index contributed by atoms with van der Waals surface area (Å²) < 4.78 is 5.25. The maximum Gasteiger partial charge on any atom is 0.338 e. The van der Waals surface area contributed by atoms with Crippen LogP contribution in [0.2, 0.25) is 0 Å². The minimum atomic E-state index is -0.387. The molecule has 1 fully saturated rings. The van der Waals surface area contributed by atoms with Crippen LogP contribution >= 0.6 is 0 Å². The number of benzene rings is 1. The van der Waals surface area contributed by atoms with Gasteiger partial charge in [0.1, 0.15) is 6.10 Å². The number of hydrogen-bond acceptors (Lipinski definition) is 3. The van der Waals surface area contributed by atoms with Crippen LogP contribution in [0.25, 0.3) is 0 Å². The van der Waals surface area contributed by atoms with Gasteiger partial charge >= 0.3 is 5.97 Å². The Bertz CT molecular complexity index is 462. The number of carbonyl (C=O) groups excluding carboxylic acids is 1. The van der Waals surface area contributed by atoms with Gasteiger partial charge < -0.3 is 9.84 Å². The predicted octanol–water partition coefficient (Wildman–Crippen LogP) is 1.90. The summed E-state index contributed by atoms with van der Waals surface area (Å²) in [5.74, 6) is -0.387. The Morgan fingerprint density at radius 2 is 2.20 bits per heavy atom. The molecule has 15 heavy (non-hydrogen) atoms. The lowest BCUT2D eigenvalue weighted by molar-refractivity contribution is -0.139. The van der Waals surface area contributed by atoms with Crippen LogP contribution in [0.3, 0.4) is 0 Å². The number of hydrogen-bond donors (Lipinski definition) is 1. The molecule has 1 N–H and O–H groups in total. The van der Waals surface area contributed by atoms with E-state index < -0.39 is 0 Å². The standard InChI is InChI=1S/C12H10O3/c13-6-10-9-5-7-3-1-2-4-8(7)11(9)15-12(10)14/h1-4,6,9,11,13H,5H2/b10-6-/t9-,11-/m0/s1. The summed E-state index contributed by atoms with van der Waals surface area (Å²) in [5, 5.41) is 9.00. The van der Waals surface area contributed by atoms with Crippen molar-refractivity contribution in [2.75, 3.05) is 0 Å². The van der Waals surface area contributed by atoms with Crippen LogP contribution < -0.4 is 0 Å². The van der Waals surface area contributed by atoms with Gasteiger partial charge in [0.15, 0.2) is 0 Å². The minimum absolute atomic E-state index is 0.0000926. The maximum atomic E-state index is 11.4. The van der Waals surface area contributed by atoms with E-state index in [2.05, 4.69) is 0 Å². The van der Waals surface area contributed by atoms with E-state index in [-0.39, 0.29) is 18.0 Å². The van der Waals surface area contributed by atoms with Crippen molar-refractivity contribution in [1.29, 1.82) is 0 Å². The molecule has 0 amide bonds. The molecular formula is C12H10O3. The van der Waals surface area contributed by atoms with Gasteiger partial charge in [-0.15, -0.1) is 0 Å². The van der Waals surface area contributed by atoms with Crippen molar-refractivity contribution >= 4 is 5.97 Å². The van der Waals surface area contributed by atoms with Crippen LogP contribution in [0.1, 0.15) is 17.2 Å². The monoisotopic (exact) mass is 202 g/mol. The Kier molecular flexibility index (Phi) is 1.63. The summed E-state index contributed by atoms with van der Waals surface area (Å²) in [5.41, 5.74) is 2.68. The van der Waals surface area contributed by atoms with Crippen molar-refractivity contribution in [3.8, 4) is 0 Å². The van der Waals surface area contributed by atoms with Gasteiger partial charge in [0.25, 0.3) is 0 Å². The lowest BCUT2D eigenvalue weighted by Crippen LogP contribution is -2.03. The molecule has 76 valence electrons. The zero-order valence-electron chi connectivity index (χ0n) is 8.01. The largest absolute Gasteiger partial charge is 0.515 e. The van der Waals surface area contributed by atoms with Crippen LogP contribution in [0.15, 0.2) is 36.1 Å². The first kappa shape index (κ1) is 8.53. The SMILES string of the molecule is O=C1O[C@H]2c3ccccc3C[C@H]2/C1=C/O. The fourth-order valence-corrected chi connectivity index (χ4v) is 2.46. The molecule has 0 aromatic heterocycles. The lowest BCUT2D eigenvalue weighted by Gasteiger charge is -2.07. The minimum Gasteiger partial charge on any atom is -0.515 e. The van der Waals surface area contributed by atoms with Crippen molar-refractivity contribution in [2.24, 2.45) is 5.92 Å². The molecule has 2 atom stereocenters. The Labute approximate surface area is 87.0 Å². The van der Waals surface area contributed by atoms with Crippen LogP contribution in [-0.4, -0.2) is 11.1 Å². The lowest BCUT2D eigenvalue weighted by atomic mass is 9.98. The van der Waals surface area contributed by atoms with Gasteiger partial charge in [-0.05, 0) is 17.5 Å². The second kappa shape index (κ2) is 2.86. The van der Waals surface area contributed by atoms with E-state index in [9.17, 15) is 4.79 Å². The summed E-state index contributed by atoms with van der Waals surface area (Å²) in [7, 11) is 0. The quantitative estimate of drug-likeness (QED) is 0.397. The topological polar surface area (TPSA) is 46.5 Å². The van der Waals surface area contributed by atoms with Gasteiger partial charge in [-0.2, -0.15) is 0 Å². The van der Waals surface area contributed by atoms with E-state index >= 15 is 0 Å². The van der Waals surface area contributed by atoms with Crippen molar-refractivity contribution in [1.82, 2.24) is 0 Å². The van der Waals surface area contributed by atoms with Gasteiger partial charge in [0.05, 0.1) is 11.8 Å². The smallest absolute Gasteiger partial charge is 0.338 e. The third-order valence-electron chi connectivity index (χ3n) is 3.18. The third-order valence-corrected chi connectivity index (χ3v) is 3.18. The molecule has 1 aromatic rings. The van der Waals surface area contributed by atoms with Crippen molar-refractivity contribution in [3.63, 3.8) is 0 Å². The van der Waals surface area contributed by atoms with Gasteiger partial charge in [0, 0.05) is 5.92 Å². The number of rotatable bonds is 0. The molecule has 0 saturated carbocycles. The Morgan fingerprint density at radius 1 is 1.40 bits per heavy atom. The normalized spacial score (nSPS) is 30.1. The molecular weight excluding hydrogens is 192 g/mol. The van der Waals surface area contributed by atoms with Gasteiger partial charge in [-0.25, -0.2) is 4.79 Å². The van der Waals surface area contributed by atoms with Crippen LogP contribution in [0.5, 0.6) is 0 Å². The summed E-state index contributed by atoms with van der Waals surface area (Å²) in [4.78, 5) is 11.4. The summed E-state index contributed by atoms with van der Waals surface area (Å²) in [6.07, 6.45) is 1.48. The van der Waals surface area contributed by atoms with Crippen molar-refractivity contribution in [3.05, 3.63) is 47.2 Å². The van der Waals surface area contributed by atoms with Gasteiger partial charge in [0.2, 0.25) is 0 Å². The molecule has 1 heterocycles. The summed E-state index contributed by atoms with van der Waals surface area (Å²) >= 11 is 0. The second-order valence-electron chi connectivity index (χ2n) is 3.92. The molecule has 1 aliphatic carbocycles. The molecule has 1 aromatic carbocycles.